The fraction of sp³-hybridized carbons (Fsp3) is 0.458. The van der Waals surface area contributed by atoms with Crippen molar-refractivity contribution in [2.45, 2.75) is 64.7 Å². The Labute approximate surface area is 173 Å². The van der Waals surface area contributed by atoms with Crippen molar-refractivity contribution >= 4 is 17.3 Å². The SMILES string of the molecule is Cc1ccc(OCCCCCCCCCCC(=O)O)c(N=Nc2ccccc2)c1. The highest BCUT2D eigenvalue weighted by molar-refractivity contribution is 5.66. The molecule has 0 unspecified atom stereocenters. The Morgan fingerprint density at radius 2 is 1.52 bits per heavy atom. The molecule has 2 aromatic carbocycles. The minimum absolute atomic E-state index is 0.295. The van der Waals surface area contributed by atoms with Crippen molar-refractivity contribution in [3.05, 3.63) is 54.1 Å². The Bertz CT molecular complexity index is 760. The summed E-state index contributed by atoms with van der Waals surface area (Å²) in [5.41, 5.74) is 2.71. The number of carboxylic acid groups (broad SMARTS) is 1. The number of carboxylic acids is 1. The minimum Gasteiger partial charge on any atom is -0.491 e. The van der Waals surface area contributed by atoms with E-state index in [-0.39, 0.29) is 0 Å². The van der Waals surface area contributed by atoms with Crippen molar-refractivity contribution in [3.63, 3.8) is 0 Å². The average Bonchev–Trinajstić information content (AvgIpc) is 2.72. The van der Waals surface area contributed by atoms with Crippen LogP contribution in [-0.4, -0.2) is 17.7 Å². The van der Waals surface area contributed by atoms with Gasteiger partial charge in [-0.2, -0.15) is 5.11 Å². The summed E-state index contributed by atoms with van der Waals surface area (Å²) in [6.07, 6.45) is 8.97. The quantitative estimate of drug-likeness (QED) is 0.267. The molecule has 0 spiro atoms. The lowest BCUT2D eigenvalue weighted by Gasteiger charge is -2.09. The molecule has 0 fully saturated rings. The smallest absolute Gasteiger partial charge is 0.303 e. The molecule has 0 radical (unpaired) electrons. The molecule has 0 atom stereocenters. The van der Waals surface area contributed by atoms with E-state index in [1.807, 2.05) is 55.5 Å². The molecular formula is C24H32N2O3. The van der Waals surface area contributed by atoms with Crippen molar-refractivity contribution < 1.29 is 14.6 Å². The van der Waals surface area contributed by atoms with E-state index >= 15 is 0 Å². The third-order valence-corrected chi connectivity index (χ3v) is 4.69. The number of nitrogens with zero attached hydrogens (tertiary/aromatic N) is 2. The van der Waals surface area contributed by atoms with E-state index in [0.29, 0.717) is 13.0 Å². The van der Waals surface area contributed by atoms with Gasteiger partial charge in [0, 0.05) is 6.42 Å². The van der Waals surface area contributed by atoms with Gasteiger partial charge in [0.15, 0.2) is 0 Å². The Morgan fingerprint density at radius 3 is 2.21 bits per heavy atom. The van der Waals surface area contributed by atoms with Gasteiger partial charge in [0.1, 0.15) is 11.4 Å². The molecule has 2 rings (SSSR count). The highest BCUT2D eigenvalue weighted by atomic mass is 16.5. The van der Waals surface area contributed by atoms with Crippen LogP contribution in [0.4, 0.5) is 11.4 Å². The number of unbranched alkanes of at least 4 members (excludes halogenated alkanes) is 7. The number of aliphatic carboxylic acids is 1. The predicted octanol–water partition coefficient (Wildman–Crippen LogP) is 7.38. The number of azo groups is 1. The first-order valence-corrected chi connectivity index (χ1v) is 10.6. The summed E-state index contributed by atoms with van der Waals surface area (Å²) in [6, 6.07) is 15.7. The Hall–Kier alpha value is -2.69. The molecule has 29 heavy (non-hydrogen) atoms. The van der Waals surface area contributed by atoms with Gasteiger partial charge >= 0.3 is 5.97 Å². The van der Waals surface area contributed by atoms with E-state index in [2.05, 4.69) is 10.2 Å². The van der Waals surface area contributed by atoms with Crippen molar-refractivity contribution in [1.29, 1.82) is 0 Å². The molecule has 1 N–H and O–H groups in total. The maximum absolute atomic E-state index is 10.5. The molecule has 0 aromatic heterocycles. The molecule has 5 heteroatoms. The molecule has 5 nitrogen and oxygen atoms in total. The summed E-state index contributed by atoms with van der Waals surface area (Å²) in [5.74, 6) is 0.0805. The van der Waals surface area contributed by atoms with E-state index < -0.39 is 5.97 Å². The molecule has 0 saturated heterocycles. The fourth-order valence-corrected chi connectivity index (χ4v) is 3.05. The summed E-state index contributed by atoms with van der Waals surface area (Å²) in [6.45, 7) is 2.71. The lowest BCUT2D eigenvalue weighted by atomic mass is 10.1. The van der Waals surface area contributed by atoms with Gasteiger partial charge in [-0.25, -0.2) is 0 Å². The summed E-state index contributed by atoms with van der Waals surface area (Å²) in [4.78, 5) is 10.5. The van der Waals surface area contributed by atoms with Crippen LogP contribution in [0.2, 0.25) is 0 Å². The average molecular weight is 397 g/mol. The zero-order valence-electron chi connectivity index (χ0n) is 17.3. The van der Waals surface area contributed by atoms with Gasteiger partial charge < -0.3 is 9.84 Å². The van der Waals surface area contributed by atoms with Gasteiger partial charge in [0.25, 0.3) is 0 Å². The Kier molecular flexibility index (Phi) is 10.5. The molecule has 2 aromatic rings. The number of ether oxygens (including phenoxy) is 1. The van der Waals surface area contributed by atoms with Crippen LogP contribution in [0.5, 0.6) is 5.75 Å². The van der Waals surface area contributed by atoms with Gasteiger partial charge in [-0.05, 0) is 49.6 Å². The second kappa shape index (κ2) is 13.5. The number of hydrogen-bond donors (Lipinski definition) is 1. The van der Waals surface area contributed by atoms with E-state index in [0.717, 1.165) is 54.8 Å². The van der Waals surface area contributed by atoms with Crippen molar-refractivity contribution in [3.8, 4) is 5.75 Å². The van der Waals surface area contributed by atoms with Crippen LogP contribution >= 0.6 is 0 Å². The summed E-state index contributed by atoms with van der Waals surface area (Å²) in [7, 11) is 0. The first kappa shape index (κ1) is 22.6. The maximum atomic E-state index is 10.5. The maximum Gasteiger partial charge on any atom is 0.303 e. The highest BCUT2D eigenvalue weighted by Gasteiger charge is 2.04. The van der Waals surface area contributed by atoms with Crippen molar-refractivity contribution in [2.24, 2.45) is 10.2 Å². The highest BCUT2D eigenvalue weighted by Crippen LogP contribution is 2.30. The monoisotopic (exact) mass is 396 g/mol. The van der Waals surface area contributed by atoms with Gasteiger partial charge in [-0.1, -0.05) is 62.8 Å². The fourth-order valence-electron chi connectivity index (χ4n) is 3.05. The summed E-state index contributed by atoms with van der Waals surface area (Å²) in [5, 5.41) is 17.3. The third-order valence-electron chi connectivity index (χ3n) is 4.69. The van der Waals surface area contributed by atoms with Gasteiger partial charge in [-0.15, -0.1) is 5.11 Å². The molecule has 0 saturated carbocycles. The molecule has 156 valence electrons. The van der Waals surface area contributed by atoms with E-state index in [9.17, 15) is 4.79 Å². The summed E-state index contributed by atoms with van der Waals surface area (Å²) >= 11 is 0. The number of carbonyl (C=O) groups is 1. The lowest BCUT2D eigenvalue weighted by Crippen LogP contribution is -1.97. The van der Waals surface area contributed by atoms with Crippen LogP contribution < -0.4 is 4.74 Å². The van der Waals surface area contributed by atoms with E-state index in [1.54, 1.807) is 0 Å². The topological polar surface area (TPSA) is 71.2 Å². The molecule has 0 aliphatic heterocycles. The largest absolute Gasteiger partial charge is 0.491 e. The number of aryl methyl sites for hydroxylation is 1. The van der Waals surface area contributed by atoms with Crippen LogP contribution in [0.15, 0.2) is 58.8 Å². The zero-order valence-corrected chi connectivity index (χ0v) is 17.3. The van der Waals surface area contributed by atoms with Gasteiger partial charge in [0.2, 0.25) is 0 Å². The zero-order chi connectivity index (χ0) is 20.7. The van der Waals surface area contributed by atoms with E-state index in [4.69, 9.17) is 9.84 Å². The second-order valence-electron chi connectivity index (χ2n) is 7.33. The Balaban J connectivity index is 1.65. The first-order valence-electron chi connectivity index (χ1n) is 10.6. The molecule has 0 amide bonds. The van der Waals surface area contributed by atoms with Gasteiger partial charge in [0.05, 0.1) is 12.3 Å². The van der Waals surface area contributed by atoms with E-state index in [1.165, 1.54) is 19.3 Å². The standard InChI is InChI=1S/C24H32N2O3/c1-20-16-17-23(22(19-20)26-25-21-13-9-8-10-14-21)29-18-12-7-5-3-2-4-6-11-15-24(27)28/h8-10,13-14,16-17,19H,2-7,11-12,15,18H2,1H3,(H,27,28). The van der Waals surface area contributed by atoms with Crippen molar-refractivity contribution in [2.75, 3.05) is 6.61 Å². The molecule has 0 heterocycles. The van der Waals surface area contributed by atoms with Crippen molar-refractivity contribution in [1.82, 2.24) is 0 Å². The first-order chi connectivity index (χ1) is 14.1. The number of hydrogen-bond acceptors (Lipinski definition) is 4. The second-order valence-corrected chi connectivity index (χ2v) is 7.33. The summed E-state index contributed by atoms with van der Waals surface area (Å²) < 4.78 is 5.95. The normalized spacial score (nSPS) is 11.1. The lowest BCUT2D eigenvalue weighted by molar-refractivity contribution is -0.137. The number of benzene rings is 2. The molecule has 0 aliphatic rings. The van der Waals surface area contributed by atoms with Gasteiger partial charge in [-0.3, -0.25) is 4.79 Å². The number of rotatable bonds is 14. The van der Waals surface area contributed by atoms with Crippen LogP contribution in [0, 0.1) is 6.92 Å². The molecular weight excluding hydrogens is 364 g/mol. The molecule has 0 aliphatic carbocycles. The third kappa shape index (κ3) is 9.88. The Morgan fingerprint density at radius 1 is 0.862 bits per heavy atom. The molecule has 0 bridgehead atoms. The van der Waals surface area contributed by atoms with Crippen LogP contribution in [-0.2, 0) is 4.79 Å². The predicted molar refractivity (Wildman–Crippen MR) is 116 cm³/mol. The van der Waals surface area contributed by atoms with Crippen LogP contribution in [0.1, 0.15) is 63.4 Å². The van der Waals surface area contributed by atoms with Crippen LogP contribution in [0.3, 0.4) is 0 Å². The minimum atomic E-state index is -0.691. The van der Waals surface area contributed by atoms with Crippen LogP contribution in [0.25, 0.3) is 0 Å².